The summed E-state index contributed by atoms with van der Waals surface area (Å²) < 4.78 is 22.8. The van der Waals surface area contributed by atoms with Crippen LogP contribution in [0.15, 0.2) is 0 Å². The fourth-order valence-corrected chi connectivity index (χ4v) is 2.08. The minimum absolute atomic E-state index is 0.405. The van der Waals surface area contributed by atoms with Crippen LogP contribution in [0.3, 0.4) is 0 Å². The van der Waals surface area contributed by atoms with Crippen molar-refractivity contribution in [1.29, 1.82) is 0 Å². The SMILES string of the molecule is CCCc1c(N)n[nH]c1C(C)S(C)(=O)=O. The minimum Gasteiger partial charge on any atom is -0.382 e. The van der Waals surface area contributed by atoms with E-state index in [4.69, 9.17) is 5.73 Å². The minimum atomic E-state index is -3.11. The van der Waals surface area contributed by atoms with E-state index in [1.165, 1.54) is 6.26 Å². The second-order valence-electron chi connectivity index (χ2n) is 3.72. The van der Waals surface area contributed by atoms with Gasteiger partial charge in [0, 0.05) is 11.8 Å². The Morgan fingerprint density at radius 3 is 2.60 bits per heavy atom. The van der Waals surface area contributed by atoms with E-state index in [2.05, 4.69) is 10.2 Å². The van der Waals surface area contributed by atoms with Crippen molar-refractivity contribution in [3.05, 3.63) is 11.3 Å². The molecule has 0 saturated carbocycles. The molecule has 0 radical (unpaired) electrons. The van der Waals surface area contributed by atoms with Crippen molar-refractivity contribution in [2.75, 3.05) is 12.0 Å². The van der Waals surface area contributed by atoms with Gasteiger partial charge in [-0.05, 0) is 13.3 Å². The maximum atomic E-state index is 11.4. The van der Waals surface area contributed by atoms with Gasteiger partial charge >= 0.3 is 0 Å². The van der Waals surface area contributed by atoms with Gasteiger partial charge in [-0.25, -0.2) is 8.42 Å². The molecule has 5 nitrogen and oxygen atoms in total. The molecule has 0 aromatic carbocycles. The molecule has 0 bridgehead atoms. The summed E-state index contributed by atoms with van der Waals surface area (Å²) in [5.41, 5.74) is 7.12. The van der Waals surface area contributed by atoms with Crippen molar-refractivity contribution in [2.45, 2.75) is 31.9 Å². The first-order valence-corrected chi connectivity index (χ1v) is 6.84. The number of rotatable bonds is 4. The molecule has 1 aromatic heterocycles. The van der Waals surface area contributed by atoms with Crippen LogP contribution in [0.1, 0.15) is 36.8 Å². The van der Waals surface area contributed by atoms with Gasteiger partial charge < -0.3 is 5.73 Å². The molecule has 0 amide bonds. The molecule has 0 spiro atoms. The summed E-state index contributed by atoms with van der Waals surface area (Å²) in [4.78, 5) is 0. The molecule has 0 aliphatic heterocycles. The fourth-order valence-electron chi connectivity index (χ4n) is 1.46. The normalized spacial score (nSPS) is 14.1. The molecule has 0 aliphatic rings. The molecule has 0 saturated heterocycles. The van der Waals surface area contributed by atoms with E-state index in [-0.39, 0.29) is 0 Å². The summed E-state index contributed by atoms with van der Waals surface area (Å²) >= 11 is 0. The third-order valence-corrected chi connectivity index (χ3v) is 4.00. The fraction of sp³-hybridized carbons (Fsp3) is 0.667. The van der Waals surface area contributed by atoms with Crippen LogP contribution in [0, 0.1) is 0 Å². The number of aromatic amines is 1. The zero-order chi connectivity index (χ0) is 11.6. The van der Waals surface area contributed by atoms with Gasteiger partial charge in [0.25, 0.3) is 0 Å². The summed E-state index contributed by atoms with van der Waals surface area (Å²) in [6, 6.07) is 0. The largest absolute Gasteiger partial charge is 0.382 e. The first-order chi connectivity index (χ1) is 6.88. The maximum Gasteiger partial charge on any atom is 0.155 e. The summed E-state index contributed by atoms with van der Waals surface area (Å²) in [6.45, 7) is 3.66. The van der Waals surface area contributed by atoms with Crippen molar-refractivity contribution in [3.8, 4) is 0 Å². The van der Waals surface area contributed by atoms with Crippen molar-refractivity contribution < 1.29 is 8.42 Å². The number of aromatic nitrogens is 2. The number of hydrogen-bond donors (Lipinski definition) is 2. The Bertz CT molecular complexity index is 436. The Morgan fingerprint density at radius 1 is 1.53 bits per heavy atom. The third kappa shape index (κ3) is 2.50. The second kappa shape index (κ2) is 4.22. The lowest BCUT2D eigenvalue weighted by molar-refractivity contribution is 0.590. The lowest BCUT2D eigenvalue weighted by Crippen LogP contribution is -2.10. The monoisotopic (exact) mass is 231 g/mol. The lowest BCUT2D eigenvalue weighted by Gasteiger charge is -2.09. The Morgan fingerprint density at radius 2 is 2.13 bits per heavy atom. The van der Waals surface area contributed by atoms with Gasteiger partial charge in [-0.3, -0.25) is 5.10 Å². The van der Waals surface area contributed by atoms with Crippen LogP contribution in [0.25, 0.3) is 0 Å². The molecule has 1 heterocycles. The standard InChI is InChI=1S/C9H17N3O2S/c1-4-5-7-8(11-12-9(7)10)6(2)15(3,13)14/h6H,4-5H2,1-3H3,(H3,10,11,12). The van der Waals surface area contributed by atoms with E-state index in [1.54, 1.807) is 6.92 Å². The molecule has 86 valence electrons. The summed E-state index contributed by atoms with van der Waals surface area (Å²) in [7, 11) is -3.11. The highest BCUT2D eigenvalue weighted by Crippen LogP contribution is 2.26. The predicted octanol–water partition coefficient (Wildman–Crippen LogP) is 1.05. The van der Waals surface area contributed by atoms with E-state index in [1.807, 2.05) is 6.92 Å². The number of H-pyrrole nitrogens is 1. The Balaban J connectivity index is 3.15. The molecule has 3 N–H and O–H groups in total. The highest BCUT2D eigenvalue weighted by molar-refractivity contribution is 7.90. The summed E-state index contributed by atoms with van der Waals surface area (Å²) in [5, 5.41) is 5.99. The number of sulfone groups is 1. The van der Waals surface area contributed by atoms with Crippen LogP contribution < -0.4 is 5.73 Å². The van der Waals surface area contributed by atoms with E-state index in [9.17, 15) is 8.42 Å². The molecule has 1 unspecified atom stereocenters. The highest BCUT2D eigenvalue weighted by Gasteiger charge is 2.23. The first kappa shape index (κ1) is 12.0. The van der Waals surface area contributed by atoms with Crippen molar-refractivity contribution in [2.24, 2.45) is 0 Å². The molecule has 1 rings (SSSR count). The zero-order valence-corrected chi connectivity index (χ0v) is 10.1. The van der Waals surface area contributed by atoms with E-state index in [0.717, 1.165) is 18.4 Å². The molecule has 0 fully saturated rings. The van der Waals surface area contributed by atoms with Gasteiger partial charge in [0.2, 0.25) is 0 Å². The summed E-state index contributed by atoms with van der Waals surface area (Å²) in [5.74, 6) is 0.405. The van der Waals surface area contributed by atoms with Gasteiger partial charge in [0.15, 0.2) is 9.84 Å². The number of hydrogen-bond acceptors (Lipinski definition) is 4. The predicted molar refractivity (Wildman–Crippen MR) is 60.3 cm³/mol. The van der Waals surface area contributed by atoms with Crippen molar-refractivity contribution >= 4 is 15.7 Å². The van der Waals surface area contributed by atoms with Gasteiger partial charge in [-0.1, -0.05) is 13.3 Å². The molecule has 1 atom stereocenters. The number of nitrogen functional groups attached to an aromatic ring is 1. The van der Waals surface area contributed by atoms with Gasteiger partial charge in [0.1, 0.15) is 11.1 Å². The molecule has 0 aliphatic carbocycles. The van der Waals surface area contributed by atoms with Crippen LogP contribution in [0.4, 0.5) is 5.82 Å². The number of nitrogens with one attached hydrogen (secondary N) is 1. The molecular weight excluding hydrogens is 214 g/mol. The van der Waals surface area contributed by atoms with Crippen molar-refractivity contribution in [1.82, 2.24) is 10.2 Å². The summed E-state index contributed by atoms with van der Waals surface area (Å²) in [6.07, 6.45) is 2.87. The number of nitrogens with zero attached hydrogens (tertiary/aromatic N) is 1. The highest BCUT2D eigenvalue weighted by atomic mass is 32.2. The van der Waals surface area contributed by atoms with Crippen LogP contribution in [-0.4, -0.2) is 24.9 Å². The van der Waals surface area contributed by atoms with Crippen LogP contribution >= 0.6 is 0 Å². The van der Waals surface area contributed by atoms with Crippen LogP contribution in [0.5, 0.6) is 0 Å². The average molecular weight is 231 g/mol. The van der Waals surface area contributed by atoms with Crippen molar-refractivity contribution in [3.63, 3.8) is 0 Å². The van der Waals surface area contributed by atoms with Gasteiger partial charge in [-0.2, -0.15) is 5.10 Å². The topological polar surface area (TPSA) is 88.8 Å². The number of anilines is 1. The maximum absolute atomic E-state index is 11.4. The van der Waals surface area contributed by atoms with Crippen LogP contribution in [0.2, 0.25) is 0 Å². The molecule has 15 heavy (non-hydrogen) atoms. The lowest BCUT2D eigenvalue weighted by atomic mass is 10.1. The Hall–Kier alpha value is -1.04. The van der Waals surface area contributed by atoms with Gasteiger partial charge in [0.05, 0.1) is 5.69 Å². The smallest absolute Gasteiger partial charge is 0.155 e. The third-order valence-electron chi connectivity index (χ3n) is 2.48. The van der Waals surface area contributed by atoms with E-state index in [0.29, 0.717) is 11.5 Å². The van der Waals surface area contributed by atoms with Gasteiger partial charge in [-0.15, -0.1) is 0 Å². The molecular formula is C9H17N3O2S. The second-order valence-corrected chi connectivity index (χ2v) is 6.09. The first-order valence-electron chi connectivity index (χ1n) is 4.89. The molecule has 6 heteroatoms. The average Bonchev–Trinajstić information content (AvgIpc) is 2.46. The van der Waals surface area contributed by atoms with E-state index >= 15 is 0 Å². The number of nitrogens with two attached hydrogens (primary N) is 1. The Kier molecular flexibility index (Phi) is 3.38. The van der Waals surface area contributed by atoms with E-state index < -0.39 is 15.1 Å². The van der Waals surface area contributed by atoms with Crippen LogP contribution in [-0.2, 0) is 16.3 Å². The zero-order valence-electron chi connectivity index (χ0n) is 9.24. The quantitative estimate of drug-likeness (QED) is 0.810. The molecule has 1 aromatic rings. The Labute approximate surface area is 90.0 Å².